The molecule has 1 aromatic heterocycles. The zero-order valence-electron chi connectivity index (χ0n) is 17.6. The van der Waals surface area contributed by atoms with Gasteiger partial charge in [-0.15, -0.1) is 0 Å². The Morgan fingerprint density at radius 1 is 1.29 bits per heavy atom. The van der Waals surface area contributed by atoms with E-state index in [0.29, 0.717) is 18.7 Å². The van der Waals surface area contributed by atoms with Crippen molar-refractivity contribution in [1.82, 2.24) is 14.5 Å². The number of amides is 1. The lowest BCUT2D eigenvalue weighted by Crippen LogP contribution is -2.37. The summed E-state index contributed by atoms with van der Waals surface area (Å²) in [6, 6.07) is 14.9. The first-order chi connectivity index (χ1) is 15.1. The number of carbonyl (C=O) groups is 1. The second kappa shape index (κ2) is 10.0. The van der Waals surface area contributed by atoms with Gasteiger partial charge in [0.25, 0.3) is 5.91 Å². The molecule has 1 aliphatic rings. The Hall–Kier alpha value is -2.77. The first-order valence-corrected chi connectivity index (χ1v) is 11.5. The van der Waals surface area contributed by atoms with Crippen molar-refractivity contribution in [2.75, 3.05) is 13.2 Å². The summed E-state index contributed by atoms with van der Waals surface area (Å²) in [6.45, 7) is 1.60. The molecule has 1 unspecified atom stereocenters. The number of nitrogens with zero attached hydrogens (tertiary/aromatic N) is 3. The van der Waals surface area contributed by atoms with Crippen molar-refractivity contribution >= 4 is 17.7 Å². The Morgan fingerprint density at radius 2 is 2.16 bits per heavy atom. The monoisotopic (exact) mass is 437 g/mol. The van der Waals surface area contributed by atoms with Crippen molar-refractivity contribution in [2.24, 2.45) is 7.05 Å². The fourth-order valence-electron chi connectivity index (χ4n) is 3.72. The van der Waals surface area contributed by atoms with E-state index in [4.69, 9.17) is 4.74 Å². The molecule has 1 amide bonds. The molecule has 162 valence electrons. The number of aryl methyl sites for hydroxylation is 1. The van der Waals surface area contributed by atoms with Crippen molar-refractivity contribution in [3.63, 3.8) is 0 Å². The normalized spacial score (nSPS) is 15.8. The Bertz CT molecular complexity index is 1030. The lowest BCUT2D eigenvalue weighted by Gasteiger charge is -2.26. The number of thioether (sulfide) groups is 1. The molecule has 1 saturated heterocycles. The minimum Gasteiger partial charge on any atom is -0.508 e. The number of phenolic OH excluding ortho intramolecular Hbond substituents is 1. The molecule has 0 saturated carbocycles. The van der Waals surface area contributed by atoms with Crippen LogP contribution >= 0.6 is 11.8 Å². The van der Waals surface area contributed by atoms with Crippen LogP contribution in [0, 0.1) is 0 Å². The van der Waals surface area contributed by atoms with Gasteiger partial charge in [-0.25, -0.2) is 4.98 Å². The molecule has 1 atom stereocenters. The van der Waals surface area contributed by atoms with E-state index in [1.807, 2.05) is 54.2 Å². The van der Waals surface area contributed by atoms with Gasteiger partial charge in [0.15, 0.2) is 5.16 Å². The van der Waals surface area contributed by atoms with Crippen LogP contribution in [0.5, 0.6) is 5.75 Å². The summed E-state index contributed by atoms with van der Waals surface area (Å²) in [7, 11) is 1.97. The van der Waals surface area contributed by atoms with Crippen LogP contribution in [-0.4, -0.2) is 44.7 Å². The molecule has 2 aromatic carbocycles. The Morgan fingerprint density at radius 3 is 2.90 bits per heavy atom. The lowest BCUT2D eigenvalue weighted by molar-refractivity contribution is 0.0506. The molecule has 7 heteroatoms. The molecule has 3 aromatic rings. The van der Waals surface area contributed by atoms with Gasteiger partial charge in [-0.2, -0.15) is 0 Å². The molecule has 1 aliphatic heterocycles. The molecule has 0 radical (unpaired) electrons. The summed E-state index contributed by atoms with van der Waals surface area (Å²) < 4.78 is 7.76. The number of aromatic hydroxyl groups is 1. The van der Waals surface area contributed by atoms with Crippen molar-refractivity contribution < 1.29 is 14.6 Å². The van der Waals surface area contributed by atoms with Crippen molar-refractivity contribution in [1.29, 1.82) is 0 Å². The topological polar surface area (TPSA) is 67.6 Å². The fraction of sp³-hybridized carbons (Fsp3) is 0.333. The predicted molar refractivity (Wildman–Crippen MR) is 121 cm³/mol. The number of hydrogen-bond acceptors (Lipinski definition) is 5. The summed E-state index contributed by atoms with van der Waals surface area (Å²) in [5.74, 6) is 0.882. The van der Waals surface area contributed by atoms with Crippen molar-refractivity contribution in [2.45, 2.75) is 36.4 Å². The first-order valence-electron chi connectivity index (χ1n) is 10.5. The minimum atomic E-state index is -0.0532. The number of carbonyl (C=O) groups excluding carboxylic acids is 1. The van der Waals surface area contributed by atoms with Crippen LogP contribution in [0.15, 0.2) is 66.1 Å². The number of hydrogen-bond donors (Lipinski definition) is 1. The standard InChI is InChI=1S/C24H27N3O3S/c1-26-12-11-25-24(26)31-17-18-6-4-8-19(14-18)23(29)27(16-21-9-5-13-30-21)15-20-7-2-3-10-22(20)28/h2-4,6-8,10-12,14,21,28H,5,9,13,15-17H2,1H3. The number of imidazole rings is 1. The zero-order valence-corrected chi connectivity index (χ0v) is 18.4. The van der Waals surface area contributed by atoms with Gasteiger partial charge >= 0.3 is 0 Å². The van der Waals surface area contributed by atoms with E-state index >= 15 is 0 Å². The second-order valence-corrected chi connectivity index (χ2v) is 8.70. The quantitative estimate of drug-likeness (QED) is 0.534. The molecule has 4 rings (SSSR count). The largest absolute Gasteiger partial charge is 0.508 e. The van der Waals surface area contributed by atoms with Crippen LogP contribution in [0.1, 0.15) is 34.3 Å². The molecule has 1 fully saturated rings. The summed E-state index contributed by atoms with van der Waals surface area (Å²) in [6.07, 6.45) is 5.71. The van der Waals surface area contributed by atoms with Gasteiger partial charge in [0.1, 0.15) is 5.75 Å². The zero-order chi connectivity index (χ0) is 21.6. The maximum atomic E-state index is 13.5. The van der Waals surface area contributed by atoms with E-state index in [9.17, 15) is 9.90 Å². The second-order valence-electron chi connectivity index (χ2n) is 7.76. The van der Waals surface area contributed by atoms with Crippen molar-refractivity contribution in [3.05, 3.63) is 77.6 Å². The van der Waals surface area contributed by atoms with E-state index in [1.54, 1.807) is 35.0 Å². The third-order valence-electron chi connectivity index (χ3n) is 5.41. The van der Waals surface area contributed by atoms with Gasteiger partial charge in [0.05, 0.1) is 6.10 Å². The summed E-state index contributed by atoms with van der Waals surface area (Å²) in [4.78, 5) is 19.6. The number of benzene rings is 2. The third-order valence-corrected chi connectivity index (χ3v) is 6.54. The average molecular weight is 438 g/mol. The van der Waals surface area contributed by atoms with Gasteiger partial charge in [-0.1, -0.05) is 42.1 Å². The molecular formula is C24H27N3O3S. The minimum absolute atomic E-state index is 0.0389. The average Bonchev–Trinajstić information content (AvgIpc) is 3.44. The number of para-hydroxylation sites is 1. The SMILES string of the molecule is Cn1ccnc1SCc1cccc(C(=O)N(Cc2ccccc2O)CC2CCCO2)c1. The van der Waals surface area contributed by atoms with Crippen molar-refractivity contribution in [3.8, 4) is 5.75 Å². The molecule has 6 nitrogen and oxygen atoms in total. The van der Waals surface area contributed by atoms with Gasteiger partial charge in [-0.3, -0.25) is 4.79 Å². The smallest absolute Gasteiger partial charge is 0.254 e. The highest BCUT2D eigenvalue weighted by Gasteiger charge is 2.24. The molecule has 0 bridgehead atoms. The molecule has 1 N–H and O–H groups in total. The highest BCUT2D eigenvalue weighted by molar-refractivity contribution is 7.98. The molecule has 2 heterocycles. The fourth-order valence-corrected chi connectivity index (χ4v) is 4.59. The van der Waals surface area contributed by atoms with Crippen LogP contribution < -0.4 is 0 Å². The van der Waals surface area contributed by atoms with Crippen LogP contribution in [0.25, 0.3) is 0 Å². The summed E-state index contributed by atoms with van der Waals surface area (Å²) in [5, 5.41) is 11.2. The van der Waals surface area contributed by atoms with E-state index in [2.05, 4.69) is 4.98 Å². The van der Waals surface area contributed by atoms with Gasteiger partial charge in [-0.05, 0) is 36.6 Å². The van der Waals surface area contributed by atoms with E-state index in [0.717, 1.165) is 41.5 Å². The summed E-state index contributed by atoms with van der Waals surface area (Å²) >= 11 is 1.64. The Kier molecular flexibility index (Phi) is 6.94. The predicted octanol–water partition coefficient (Wildman–Crippen LogP) is 4.24. The molecule has 0 aliphatic carbocycles. The molecular weight excluding hydrogens is 410 g/mol. The van der Waals surface area contributed by atoms with Gasteiger partial charge in [0, 0.05) is 56.0 Å². The van der Waals surface area contributed by atoms with Gasteiger partial charge in [0.2, 0.25) is 0 Å². The number of ether oxygens (including phenoxy) is 1. The lowest BCUT2D eigenvalue weighted by atomic mass is 10.1. The van der Waals surface area contributed by atoms with Gasteiger partial charge < -0.3 is 19.3 Å². The van der Waals surface area contributed by atoms with Crippen LogP contribution in [-0.2, 0) is 24.1 Å². The van der Waals surface area contributed by atoms with Crippen LogP contribution in [0.3, 0.4) is 0 Å². The van der Waals surface area contributed by atoms with Crippen LogP contribution in [0.2, 0.25) is 0 Å². The number of phenols is 1. The van der Waals surface area contributed by atoms with E-state index < -0.39 is 0 Å². The van der Waals surface area contributed by atoms with E-state index in [1.165, 1.54) is 0 Å². The highest BCUT2D eigenvalue weighted by Crippen LogP contribution is 2.24. The maximum absolute atomic E-state index is 13.5. The Balaban J connectivity index is 1.51. The van der Waals surface area contributed by atoms with E-state index in [-0.39, 0.29) is 17.8 Å². The Labute approximate surface area is 186 Å². The number of rotatable bonds is 8. The summed E-state index contributed by atoms with van der Waals surface area (Å²) in [5.41, 5.74) is 2.44. The third kappa shape index (κ3) is 5.48. The maximum Gasteiger partial charge on any atom is 0.254 e. The van der Waals surface area contributed by atoms with Crippen LogP contribution in [0.4, 0.5) is 0 Å². The first kappa shape index (κ1) is 21.5. The number of aromatic nitrogens is 2. The highest BCUT2D eigenvalue weighted by atomic mass is 32.2. The molecule has 0 spiro atoms. The molecule has 31 heavy (non-hydrogen) atoms.